The van der Waals surface area contributed by atoms with E-state index in [1.54, 1.807) is 11.8 Å². The maximum atomic E-state index is 12.8. The number of ether oxygens (including phenoxy) is 1. The van der Waals surface area contributed by atoms with Crippen LogP contribution in [-0.2, 0) is 4.74 Å². The number of para-hydroxylation sites is 1. The number of benzene rings is 1. The van der Waals surface area contributed by atoms with E-state index in [4.69, 9.17) is 4.74 Å². The van der Waals surface area contributed by atoms with Crippen molar-refractivity contribution in [1.82, 2.24) is 20.0 Å². The molecule has 28 heavy (non-hydrogen) atoms. The summed E-state index contributed by atoms with van der Waals surface area (Å²) in [6.45, 7) is 3.36. The molecule has 1 saturated heterocycles. The minimum atomic E-state index is -0.275. The first kappa shape index (κ1) is 18.5. The highest BCUT2D eigenvalue weighted by molar-refractivity contribution is 5.92. The van der Waals surface area contributed by atoms with Crippen molar-refractivity contribution in [1.29, 1.82) is 0 Å². The molecule has 2 aliphatic rings. The summed E-state index contributed by atoms with van der Waals surface area (Å²) in [7, 11) is 0. The number of piperidine rings is 1. The van der Waals surface area contributed by atoms with E-state index in [2.05, 4.69) is 10.4 Å². The van der Waals surface area contributed by atoms with Crippen molar-refractivity contribution in [2.45, 2.75) is 44.6 Å². The number of hydrogen-bond acceptors (Lipinski definition) is 4. The van der Waals surface area contributed by atoms with E-state index in [-0.39, 0.29) is 18.0 Å². The van der Waals surface area contributed by atoms with Gasteiger partial charge >= 0.3 is 6.09 Å². The van der Waals surface area contributed by atoms with Gasteiger partial charge < -0.3 is 15.0 Å². The third kappa shape index (κ3) is 4.03. The van der Waals surface area contributed by atoms with Gasteiger partial charge in [-0.15, -0.1) is 0 Å². The first-order valence-electron chi connectivity index (χ1n) is 10.0. The molecular formula is C21H26N4O3. The second-order valence-corrected chi connectivity index (χ2v) is 7.41. The maximum absolute atomic E-state index is 12.8. The molecule has 1 aromatic carbocycles. The van der Waals surface area contributed by atoms with E-state index in [1.165, 1.54) is 0 Å². The van der Waals surface area contributed by atoms with E-state index in [0.29, 0.717) is 31.3 Å². The molecule has 0 bridgehead atoms. The molecule has 0 atom stereocenters. The topological polar surface area (TPSA) is 76.5 Å². The van der Waals surface area contributed by atoms with Crippen LogP contribution in [0.4, 0.5) is 4.79 Å². The van der Waals surface area contributed by atoms with E-state index in [1.807, 2.05) is 41.1 Å². The van der Waals surface area contributed by atoms with Gasteiger partial charge in [0.25, 0.3) is 5.91 Å². The van der Waals surface area contributed by atoms with Crippen LogP contribution in [0, 0.1) is 0 Å². The molecule has 0 unspecified atom stereocenters. The van der Waals surface area contributed by atoms with E-state index in [0.717, 1.165) is 37.1 Å². The van der Waals surface area contributed by atoms with Crippen LogP contribution in [0.1, 0.15) is 54.7 Å². The van der Waals surface area contributed by atoms with Crippen molar-refractivity contribution in [3.05, 3.63) is 47.8 Å². The summed E-state index contributed by atoms with van der Waals surface area (Å²) in [6.07, 6.45) is 3.46. The summed E-state index contributed by atoms with van der Waals surface area (Å²) in [5, 5.41) is 7.68. The number of aromatic nitrogens is 2. The van der Waals surface area contributed by atoms with Crippen LogP contribution in [0.15, 0.2) is 36.4 Å². The fraction of sp³-hybridized carbons (Fsp3) is 0.476. The molecule has 2 fully saturated rings. The summed E-state index contributed by atoms with van der Waals surface area (Å²) in [5.74, 6) is 0.341. The SMILES string of the molecule is CCOC(=O)N1CCC(NC(=O)c2cc(C3CC3)n(-c3ccccc3)n2)CC1. The van der Waals surface area contributed by atoms with Gasteiger partial charge in [-0.3, -0.25) is 4.79 Å². The number of nitrogens with one attached hydrogen (secondary N) is 1. The third-order valence-electron chi connectivity index (χ3n) is 5.32. The van der Waals surface area contributed by atoms with Crippen LogP contribution in [-0.4, -0.2) is 52.4 Å². The Bertz CT molecular complexity index is 837. The smallest absolute Gasteiger partial charge is 0.409 e. The van der Waals surface area contributed by atoms with Gasteiger partial charge in [-0.1, -0.05) is 18.2 Å². The molecule has 1 saturated carbocycles. The number of hydrogen-bond donors (Lipinski definition) is 1. The summed E-state index contributed by atoms with van der Waals surface area (Å²) >= 11 is 0. The Labute approximate surface area is 164 Å². The number of rotatable bonds is 5. The highest BCUT2D eigenvalue weighted by atomic mass is 16.6. The van der Waals surface area contributed by atoms with Crippen LogP contribution in [0.3, 0.4) is 0 Å². The molecule has 2 amide bonds. The minimum absolute atomic E-state index is 0.0458. The van der Waals surface area contributed by atoms with Gasteiger partial charge in [0.2, 0.25) is 0 Å². The minimum Gasteiger partial charge on any atom is -0.450 e. The van der Waals surface area contributed by atoms with Crippen molar-refractivity contribution in [2.75, 3.05) is 19.7 Å². The Morgan fingerprint density at radius 3 is 2.50 bits per heavy atom. The molecule has 1 N–H and O–H groups in total. The number of carbonyl (C=O) groups is 2. The fourth-order valence-electron chi connectivity index (χ4n) is 3.63. The monoisotopic (exact) mass is 382 g/mol. The van der Waals surface area contributed by atoms with Gasteiger partial charge in [0.15, 0.2) is 5.69 Å². The number of nitrogens with zero attached hydrogens (tertiary/aromatic N) is 3. The lowest BCUT2D eigenvalue weighted by molar-refractivity contribution is 0.0856. The molecule has 1 aliphatic carbocycles. The lowest BCUT2D eigenvalue weighted by Crippen LogP contribution is -2.46. The highest BCUT2D eigenvalue weighted by Gasteiger charge is 2.31. The third-order valence-corrected chi connectivity index (χ3v) is 5.32. The van der Waals surface area contributed by atoms with Crippen molar-refractivity contribution >= 4 is 12.0 Å². The lowest BCUT2D eigenvalue weighted by Gasteiger charge is -2.31. The van der Waals surface area contributed by atoms with Gasteiger partial charge in [0.05, 0.1) is 12.3 Å². The van der Waals surface area contributed by atoms with E-state index < -0.39 is 0 Å². The molecular weight excluding hydrogens is 356 g/mol. The molecule has 0 radical (unpaired) electrons. The summed E-state index contributed by atoms with van der Waals surface area (Å²) < 4.78 is 6.94. The Morgan fingerprint density at radius 2 is 1.86 bits per heavy atom. The average Bonchev–Trinajstić information content (AvgIpc) is 3.47. The first-order valence-corrected chi connectivity index (χ1v) is 10.0. The zero-order valence-electron chi connectivity index (χ0n) is 16.1. The number of amides is 2. The normalized spacial score (nSPS) is 17.4. The Morgan fingerprint density at radius 1 is 1.14 bits per heavy atom. The maximum Gasteiger partial charge on any atom is 0.409 e. The molecule has 7 nitrogen and oxygen atoms in total. The van der Waals surface area contributed by atoms with Crippen LogP contribution >= 0.6 is 0 Å². The molecule has 0 spiro atoms. The van der Waals surface area contributed by atoms with E-state index in [9.17, 15) is 9.59 Å². The number of likely N-dealkylation sites (tertiary alicyclic amines) is 1. The molecule has 2 aromatic rings. The Balaban J connectivity index is 1.41. The van der Waals surface area contributed by atoms with E-state index >= 15 is 0 Å². The van der Waals surface area contributed by atoms with Gasteiger partial charge in [-0.05, 0) is 50.8 Å². The standard InChI is InChI=1S/C21H26N4O3/c1-2-28-21(27)24-12-10-16(11-13-24)22-20(26)18-14-19(15-8-9-15)25(23-18)17-6-4-3-5-7-17/h3-7,14-16H,2,8-13H2,1H3,(H,22,26). The Kier molecular flexibility index (Phi) is 5.32. The molecule has 1 aromatic heterocycles. The Hall–Kier alpha value is -2.83. The van der Waals surface area contributed by atoms with Crippen LogP contribution in [0.5, 0.6) is 0 Å². The van der Waals surface area contributed by atoms with Crippen molar-refractivity contribution < 1.29 is 14.3 Å². The quantitative estimate of drug-likeness (QED) is 0.862. The van der Waals surface area contributed by atoms with Crippen molar-refractivity contribution in [3.8, 4) is 5.69 Å². The summed E-state index contributed by atoms with van der Waals surface area (Å²) in [4.78, 5) is 26.3. The summed E-state index contributed by atoms with van der Waals surface area (Å²) in [6, 6.07) is 11.9. The van der Waals surface area contributed by atoms with Crippen LogP contribution in [0.25, 0.3) is 5.69 Å². The molecule has 4 rings (SSSR count). The molecule has 1 aliphatic heterocycles. The van der Waals surface area contributed by atoms with Gasteiger partial charge in [0.1, 0.15) is 0 Å². The first-order chi connectivity index (χ1) is 13.7. The predicted octanol–water partition coefficient (Wildman–Crippen LogP) is 3.10. The predicted molar refractivity (Wildman–Crippen MR) is 105 cm³/mol. The summed E-state index contributed by atoms with van der Waals surface area (Å²) in [5.41, 5.74) is 2.54. The van der Waals surface area contributed by atoms with Gasteiger partial charge in [-0.2, -0.15) is 5.10 Å². The van der Waals surface area contributed by atoms with Crippen molar-refractivity contribution in [3.63, 3.8) is 0 Å². The highest BCUT2D eigenvalue weighted by Crippen LogP contribution is 2.41. The lowest BCUT2D eigenvalue weighted by atomic mass is 10.1. The molecule has 7 heteroatoms. The number of carbonyl (C=O) groups excluding carboxylic acids is 2. The average molecular weight is 382 g/mol. The zero-order chi connectivity index (χ0) is 19.5. The zero-order valence-corrected chi connectivity index (χ0v) is 16.1. The van der Waals surface area contributed by atoms with Crippen LogP contribution in [0.2, 0.25) is 0 Å². The second-order valence-electron chi connectivity index (χ2n) is 7.41. The molecule has 148 valence electrons. The second kappa shape index (κ2) is 8.04. The van der Waals surface area contributed by atoms with Gasteiger partial charge in [0, 0.05) is 30.7 Å². The van der Waals surface area contributed by atoms with Crippen LogP contribution < -0.4 is 5.32 Å². The largest absolute Gasteiger partial charge is 0.450 e. The fourth-order valence-corrected chi connectivity index (χ4v) is 3.63. The van der Waals surface area contributed by atoms with Crippen molar-refractivity contribution in [2.24, 2.45) is 0 Å². The van der Waals surface area contributed by atoms with Gasteiger partial charge in [-0.25, -0.2) is 9.48 Å². The molecule has 2 heterocycles.